The average molecular weight is 376 g/mol. The highest BCUT2D eigenvalue weighted by atomic mass is 19.1. The molecule has 0 radical (unpaired) electrons. The van der Waals surface area contributed by atoms with E-state index in [0.717, 1.165) is 43.8 Å². The van der Waals surface area contributed by atoms with Gasteiger partial charge in [0.1, 0.15) is 17.5 Å². The van der Waals surface area contributed by atoms with Gasteiger partial charge in [0.05, 0.1) is 0 Å². The van der Waals surface area contributed by atoms with Gasteiger partial charge < -0.3 is 15.5 Å². The van der Waals surface area contributed by atoms with E-state index in [9.17, 15) is 13.2 Å². The Bertz CT molecular complexity index is 802. The van der Waals surface area contributed by atoms with Crippen LogP contribution in [-0.4, -0.2) is 32.1 Å². The van der Waals surface area contributed by atoms with E-state index in [2.05, 4.69) is 20.5 Å². The summed E-state index contributed by atoms with van der Waals surface area (Å²) in [5.41, 5.74) is 1.14. The maximum Gasteiger partial charge on any atom is 0.191 e. The third-order valence-corrected chi connectivity index (χ3v) is 4.69. The lowest BCUT2D eigenvalue weighted by molar-refractivity contribution is 0.460. The molecule has 1 fully saturated rings. The zero-order valence-corrected chi connectivity index (χ0v) is 15.2. The van der Waals surface area contributed by atoms with Gasteiger partial charge in [-0.25, -0.2) is 13.2 Å². The van der Waals surface area contributed by atoms with Gasteiger partial charge in [-0.15, -0.1) is 0 Å². The normalized spacial score (nSPS) is 15.7. The van der Waals surface area contributed by atoms with Crippen LogP contribution >= 0.6 is 0 Å². The quantitative estimate of drug-likeness (QED) is 0.634. The molecule has 0 saturated carbocycles. The van der Waals surface area contributed by atoms with E-state index in [-0.39, 0.29) is 24.0 Å². The van der Waals surface area contributed by atoms with Crippen LogP contribution in [0.25, 0.3) is 0 Å². The summed E-state index contributed by atoms with van der Waals surface area (Å²) in [5.74, 6) is -0.617. The molecule has 1 aliphatic rings. The fraction of sp³-hybridized carbons (Fsp3) is 0.350. The largest absolute Gasteiger partial charge is 0.371 e. The van der Waals surface area contributed by atoms with E-state index in [1.54, 1.807) is 19.2 Å². The van der Waals surface area contributed by atoms with Gasteiger partial charge in [-0.2, -0.15) is 0 Å². The zero-order valence-electron chi connectivity index (χ0n) is 15.2. The minimum absolute atomic E-state index is 0.144. The Labute approximate surface area is 157 Å². The van der Waals surface area contributed by atoms with E-state index < -0.39 is 11.6 Å². The smallest absolute Gasteiger partial charge is 0.191 e. The number of hydrogen-bond acceptors (Lipinski definition) is 2. The molecule has 2 aromatic rings. The molecule has 0 amide bonds. The number of benzene rings is 2. The molecular weight excluding hydrogens is 353 g/mol. The van der Waals surface area contributed by atoms with Crippen molar-refractivity contribution in [3.63, 3.8) is 0 Å². The molecule has 1 aliphatic heterocycles. The van der Waals surface area contributed by atoms with Crippen molar-refractivity contribution in [2.45, 2.75) is 25.4 Å². The van der Waals surface area contributed by atoms with Gasteiger partial charge in [0.25, 0.3) is 0 Å². The number of hydrogen-bond donors (Lipinski definition) is 2. The van der Waals surface area contributed by atoms with Crippen LogP contribution in [0, 0.1) is 17.5 Å². The van der Waals surface area contributed by atoms with Crippen LogP contribution in [-0.2, 0) is 6.54 Å². The van der Waals surface area contributed by atoms with Crippen molar-refractivity contribution < 1.29 is 13.2 Å². The predicted octanol–water partition coefficient (Wildman–Crippen LogP) is 3.44. The Hall–Kier alpha value is -2.70. The third-order valence-electron chi connectivity index (χ3n) is 4.69. The fourth-order valence-corrected chi connectivity index (χ4v) is 3.20. The van der Waals surface area contributed by atoms with Crippen LogP contribution in [0.4, 0.5) is 18.9 Å². The topological polar surface area (TPSA) is 39.7 Å². The predicted molar refractivity (Wildman–Crippen MR) is 101 cm³/mol. The lowest BCUT2D eigenvalue weighted by atomic mass is 10.0. The Kier molecular flexibility index (Phi) is 6.21. The van der Waals surface area contributed by atoms with Gasteiger partial charge in [0, 0.05) is 44.0 Å². The van der Waals surface area contributed by atoms with E-state index in [0.29, 0.717) is 5.96 Å². The molecule has 3 rings (SSSR count). The highest BCUT2D eigenvalue weighted by Crippen LogP contribution is 2.20. The molecule has 7 heteroatoms. The molecule has 1 saturated heterocycles. The van der Waals surface area contributed by atoms with E-state index in [1.807, 2.05) is 6.07 Å². The molecule has 0 atom stereocenters. The zero-order chi connectivity index (χ0) is 19.2. The van der Waals surface area contributed by atoms with Crippen LogP contribution in [0.3, 0.4) is 0 Å². The second-order valence-electron chi connectivity index (χ2n) is 6.55. The standard InChI is InChI=1S/C20H23F3N4/c1-24-20(25-13-14-11-16(22)5-6-19(14)23)26-17-7-9-27(10-8-17)18-4-2-3-15(21)12-18/h2-6,11-12,17H,7-10,13H2,1H3,(H2,24,25,26). The molecule has 0 aromatic heterocycles. The van der Waals surface area contributed by atoms with Crippen LogP contribution in [0.2, 0.25) is 0 Å². The minimum Gasteiger partial charge on any atom is -0.371 e. The van der Waals surface area contributed by atoms with Gasteiger partial charge in [-0.05, 0) is 49.2 Å². The Balaban J connectivity index is 1.50. The fourth-order valence-electron chi connectivity index (χ4n) is 3.20. The number of rotatable bonds is 4. The molecule has 0 spiro atoms. The lowest BCUT2D eigenvalue weighted by Crippen LogP contribution is -2.48. The molecule has 2 aromatic carbocycles. The first-order valence-electron chi connectivity index (χ1n) is 8.97. The van der Waals surface area contributed by atoms with Gasteiger partial charge in [0.15, 0.2) is 5.96 Å². The third kappa shape index (κ3) is 5.15. The number of halogens is 3. The lowest BCUT2D eigenvalue weighted by Gasteiger charge is -2.34. The maximum absolute atomic E-state index is 13.7. The summed E-state index contributed by atoms with van der Waals surface area (Å²) in [6, 6.07) is 10.2. The first kappa shape index (κ1) is 19.1. The summed E-state index contributed by atoms with van der Waals surface area (Å²) < 4.78 is 40.4. The number of guanidine groups is 1. The summed E-state index contributed by atoms with van der Waals surface area (Å²) in [6.45, 7) is 1.75. The van der Waals surface area contributed by atoms with Gasteiger partial charge in [-0.3, -0.25) is 4.99 Å². The summed E-state index contributed by atoms with van der Waals surface area (Å²) in [4.78, 5) is 6.31. The second kappa shape index (κ2) is 8.79. The Morgan fingerprint density at radius 3 is 2.52 bits per heavy atom. The summed E-state index contributed by atoms with van der Waals surface area (Å²) >= 11 is 0. The van der Waals surface area contributed by atoms with Crippen LogP contribution in [0.5, 0.6) is 0 Å². The first-order chi connectivity index (χ1) is 13.0. The summed E-state index contributed by atoms with van der Waals surface area (Å²) in [6.07, 6.45) is 1.73. The molecule has 4 nitrogen and oxygen atoms in total. The van der Waals surface area contributed by atoms with Crippen molar-refractivity contribution in [1.29, 1.82) is 0 Å². The number of nitrogens with zero attached hydrogens (tertiary/aromatic N) is 2. The Morgan fingerprint density at radius 1 is 1.07 bits per heavy atom. The molecule has 2 N–H and O–H groups in total. The first-order valence-corrected chi connectivity index (χ1v) is 8.97. The average Bonchev–Trinajstić information content (AvgIpc) is 2.68. The van der Waals surface area contributed by atoms with Crippen molar-refractivity contribution in [2.24, 2.45) is 4.99 Å². The van der Waals surface area contributed by atoms with E-state index >= 15 is 0 Å². The molecule has 0 unspecified atom stereocenters. The molecule has 144 valence electrons. The van der Waals surface area contributed by atoms with Crippen LogP contribution in [0.15, 0.2) is 47.5 Å². The molecule has 27 heavy (non-hydrogen) atoms. The molecule has 1 heterocycles. The second-order valence-corrected chi connectivity index (χ2v) is 6.55. The number of anilines is 1. The summed E-state index contributed by atoms with van der Waals surface area (Å²) in [7, 11) is 1.64. The van der Waals surface area contributed by atoms with E-state index in [4.69, 9.17) is 0 Å². The maximum atomic E-state index is 13.7. The number of piperidine rings is 1. The van der Waals surface area contributed by atoms with Crippen LogP contribution in [0.1, 0.15) is 18.4 Å². The van der Waals surface area contributed by atoms with Crippen LogP contribution < -0.4 is 15.5 Å². The van der Waals surface area contributed by atoms with Gasteiger partial charge >= 0.3 is 0 Å². The Morgan fingerprint density at radius 2 is 1.81 bits per heavy atom. The summed E-state index contributed by atoms with van der Waals surface area (Å²) in [5, 5.41) is 6.34. The van der Waals surface area contributed by atoms with E-state index in [1.165, 1.54) is 12.1 Å². The minimum atomic E-state index is -0.471. The number of aliphatic imine (C=N–C) groups is 1. The van der Waals surface area contributed by atoms with Crippen molar-refractivity contribution in [2.75, 3.05) is 25.0 Å². The highest BCUT2D eigenvalue weighted by Gasteiger charge is 2.20. The van der Waals surface area contributed by atoms with Crippen molar-refractivity contribution in [3.05, 3.63) is 65.5 Å². The monoisotopic (exact) mass is 376 g/mol. The molecular formula is C20H23F3N4. The van der Waals surface area contributed by atoms with Crippen molar-refractivity contribution >= 4 is 11.6 Å². The molecule has 0 aliphatic carbocycles. The van der Waals surface area contributed by atoms with Crippen molar-refractivity contribution in [1.82, 2.24) is 10.6 Å². The number of nitrogens with one attached hydrogen (secondary N) is 2. The SMILES string of the molecule is CN=C(NCc1cc(F)ccc1F)NC1CCN(c2cccc(F)c2)CC1. The van der Waals surface area contributed by atoms with Gasteiger partial charge in [-0.1, -0.05) is 6.07 Å². The highest BCUT2D eigenvalue weighted by molar-refractivity contribution is 5.80. The van der Waals surface area contributed by atoms with Crippen molar-refractivity contribution in [3.8, 4) is 0 Å². The van der Waals surface area contributed by atoms with Gasteiger partial charge in [0.2, 0.25) is 0 Å². The molecule has 0 bridgehead atoms.